The van der Waals surface area contributed by atoms with E-state index < -0.39 is 0 Å². The molecule has 98 valence electrons. The van der Waals surface area contributed by atoms with Gasteiger partial charge in [-0.25, -0.2) is 0 Å². The van der Waals surface area contributed by atoms with Crippen LogP contribution >= 0.6 is 23.4 Å². The molecule has 0 aliphatic carbocycles. The van der Waals surface area contributed by atoms with Gasteiger partial charge in [0.15, 0.2) is 0 Å². The molecule has 0 aromatic carbocycles. The van der Waals surface area contributed by atoms with Crippen molar-refractivity contribution >= 4 is 23.4 Å². The molecule has 2 atom stereocenters. The monoisotopic (exact) mass is 275 g/mol. The molecule has 1 rings (SSSR count). The van der Waals surface area contributed by atoms with Crippen molar-refractivity contribution in [3.63, 3.8) is 0 Å². The van der Waals surface area contributed by atoms with Crippen LogP contribution < -0.4 is 5.73 Å². The van der Waals surface area contributed by atoms with Gasteiger partial charge in [0.2, 0.25) is 0 Å². The smallest absolute Gasteiger partial charge is 0.0834 e. The molecule has 0 radical (unpaired) electrons. The molecule has 0 fully saturated rings. The number of rotatable bonds is 6. The van der Waals surface area contributed by atoms with Crippen molar-refractivity contribution in [3.8, 4) is 0 Å². The lowest BCUT2D eigenvalue weighted by Gasteiger charge is -2.18. The van der Waals surface area contributed by atoms with Crippen LogP contribution in [0.5, 0.6) is 0 Å². The van der Waals surface area contributed by atoms with Gasteiger partial charge in [-0.1, -0.05) is 25.4 Å². The molecule has 0 aliphatic heterocycles. The first-order chi connectivity index (χ1) is 7.97. The lowest BCUT2D eigenvalue weighted by Crippen LogP contribution is -2.20. The van der Waals surface area contributed by atoms with Gasteiger partial charge in [0.05, 0.1) is 23.0 Å². The maximum atomic E-state index is 6.22. The molecule has 1 heterocycles. The van der Waals surface area contributed by atoms with Crippen molar-refractivity contribution in [3.05, 3.63) is 16.9 Å². The fraction of sp³-hybridized carbons (Fsp3) is 0.750. The van der Waals surface area contributed by atoms with Crippen LogP contribution in [0, 0.1) is 0 Å². The van der Waals surface area contributed by atoms with Gasteiger partial charge in [0.1, 0.15) is 0 Å². The van der Waals surface area contributed by atoms with Gasteiger partial charge in [-0.15, -0.1) is 0 Å². The molecule has 0 saturated heterocycles. The van der Waals surface area contributed by atoms with E-state index in [2.05, 4.69) is 32.8 Å². The third-order valence-electron chi connectivity index (χ3n) is 2.76. The Kier molecular flexibility index (Phi) is 5.83. The van der Waals surface area contributed by atoms with Crippen LogP contribution in [0.25, 0.3) is 0 Å². The summed E-state index contributed by atoms with van der Waals surface area (Å²) in [6, 6.07) is 0.239. The zero-order valence-corrected chi connectivity index (χ0v) is 12.6. The molecule has 0 spiro atoms. The van der Waals surface area contributed by atoms with Gasteiger partial charge in [-0.05, 0) is 20.3 Å². The molecular formula is C12H22ClN3S. The second-order valence-electron chi connectivity index (χ2n) is 4.57. The van der Waals surface area contributed by atoms with E-state index in [-0.39, 0.29) is 12.1 Å². The summed E-state index contributed by atoms with van der Waals surface area (Å²) in [6.07, 6.45) is 2.85. The summed E-state index contributed by atoms with van der Waals surface area (Å²) in [4.78, 5) is 0. The van der Waals surface area contributed by atoms with Gasteiger partial charge in [0.25, 0.3) is 0 Å². The van der Waals surface area contributed by atoms with Gasteiger partial charge in [0, 0.05) is 17.0 Å². The van der Waals surface area contributed by atoms with Crippen LogP contribution in [0.2, 0.25) is 5.02 Å². The van der Waals surface area contributed by atoms with Crippen molar-refractivity contribution in [2.45, 2.75) is 51.4 Å². The first-order valence-corrected chi connectivity index (χ1v) is 7.50. The highest BCUT2D eigenvalue weighted by molar-refractivity contribution is 7.99. The number of nitrogens with two attached hydrogens (primary N) is 1. The van der Waals surface area contributed by atoms with E-state index in [1.165, 1.54) is 0 Å². The summed E-state index contributed by atoms with van der Waals surface area (Å²) < 4.78 is 1.92. The molecular weight excluding hydrogens is 254 g/mol. The van der Waals surface area contributed by atoms with Gasteiger partial charge in [-0.3, -0.25) is 4.68 Å². The number of nitrogens with zero attached hydrogens (tertiary/aromatic N) is 2. The number of hydrogen-bond donors (Lipinski definition) is 1. The van der Waals surface area contributed by atoms with Crippen molar-refractivity contribution in [1.82, 2.24) is 9.78 Å². The van der Waals surface area contributed by atoms with Crippen molar-refractivity contribution in [1.29, 1.82) is 0 Å². The highest BCUT2D eigenvalue weighted by Gasteiger charge is 2.19. The lowest BCUT2D eigenvalue weighted by molar-refractivity contribution is 0.495. The molecule has 0 amide bonds. The Morgan fingerprint density at radius 2 is 2.12 bits per heavy atom. The largest absolute Gasteiger partial charge is 0.322 e. The molecule has 0 aliphatic rings. The predicted molar refractivity (Wildman–Crippen MR) is 76.8 cm³/mol. The predicted octanol–water partition coefficient (Wildman–Crippen LogP) is 3.65. The van der Waals surface area contributed by atoms with Crippen LogP contribution in [0.15, 0.2) is 6.20 Å². The van der Waals surface area contributed by atoms with Crippen LogP contribution in [-0.4, -0.2) is 20.8 Å². The van der Waals surface area contributed by atoms with Crippen molar-refractivity contribution < 1.29 is 0 Å². The Morgan fingerprint density at radius 3 is 2.65 bits per heavy atom. The highest BCUT2D eigenvalue weighted by Crippen LogP contribution is 2.27. The summed E-state index contributed by atoms with van der Waals surface area (Å²) in [5, 5.41) is 5.59. The number of aromatic nitrogens is 2. The zero-order valence-electron chi connectivity index (χ0n) is 11.0. The average molecular weight is 276 g/mol. The Balaban J connectivity index is 2.74. The van der Waals surface area contributed by atoms with E-state index in [0.717, 1.165) is 17.9 Å². The topological polar surface area (TPSA) is 43.8 Å². The van der Waals surface area contributed by atoms with Crippen LogP contribution in [0.1, 0.15) is 51.9 Å². The minimum absolute atomic E-state index is 0.0496. The van der Waals surface area contributed by atoms with Crippen LogP contribution in [0.4, 0.5) is 0 Å². The van der Waals surface area contributed by atoms with Crippen LogP contribution in [-0.2, 0) is 0 Å². The van der Waals surface area contributed by atoms with E-state index in [4.69, 9.17) is 17.3 Å². The molecule has 2 unspecified atom stereocenters. The Hall–Kier alpha value is -0.190. The fourth-order valence-electron chi connectivity index (χ4n) is 1.57. The Labute approximate surface area is 113 Å². The van der Waals surface area contributed by atoms with E-state index in [9.17, 15) is 0 Å². The summed E-state index contributed by atoms with van der Waals surface area (Å²) in [5.74, 6) is 0.882. The second kappa shape index (κ2) is 6.66. The molecule has 17 heavy (non-hydrogen) atoms. The first-order valence-electron chi connectivity index (χ1n) is 6.07. The third-order valence-corrected chi connectivity index (χ3v) is 4.51. The molecule has 2 N–H and O–H groups in total. The summed E-state index contributed by atoms with van der Waals surface area (Å²) in [6.45, 7) is 8.58. The number of hydrogen-bond acceptors (Lipinski definition) is 3. The maximum absolute atomic E-state index is 6.22. The first kappa shape index (κ1) is 14.9. The SMILES string of the molecule is CCC(C)SCC(N)c1c(Cl)cnn1C(C)C. The van der Waals surface area contributed by atoms with Gasteiger partial charge >= 0.3 is 0 Å². The lowest BCUT2D eigenvalue weighted by atomic mass is 10.2. The molecule has 5 heteroatoms. The van der Waals surface area contributed by atoms with E-state index >= 15 is 0 Å². The van der Waals surface area contributed by atoms with Crippen molar-refractivity contribution in [2.75, 3.05) is 5.75 Å². The van der Waals surface area contributed by atoms with E-state index in [1.807, 2.05) is 16.4 Å². The summed E-state index contributed by atoms with van der Waals surface area (Å²) >= 11 is 8.05. The molecule has 0 saturated carbocycles. The maximum Gasteiger partial charge on any atom is 0.0834 e. The van der Waals surface area contributed by atoms with Crippen LogP contribution in [0.3, 0.4) is 0 Å². The molecule has 3 nitrogen and oxygen atoms in total. The standard InChI is InChI=1S/C12H22ClN3S/c1-5-9(4)17-7-11(14)12-10(13)6-15-16(12)8(2)3/h6,8-9,11H,5,7,14H2,1-4H3. The normalized spacial score (nSPS) is 15.2. The fourth-order valence-corrected chi connectivity index (χ4v) is 2.77. The molecule has 1 aromatic heterocycles. The summed E-state index contributed by atoms with van der Waals surface area (Å²) in [7, 11) is 0. The second-order valence-corrected chi connectivity index (χ2v) is 6.45. The summed E-state index contributed by atoms with van der Waals surface area (Å²) in [5.41, 5.74) is 7.17. The minimum atomic E-state index is -0.0496. The van der Waals surface area contributed by atoms with Crippen molar-refractivity contribution in [2.24, 2.45) is 5.73 Å². The van der Waals surface area contributed by atoms with Gasteiger partial charge < -0.3 is 5.73 Å². The number of halogens is 1. The third kappa shape index (κ3) is 3.90. The Morgan fingerprint density at radius 1 is 1.47 bits per heavy atom. The minimum Gasteiger partial charge on any atom is -0.322 e. The van der Waals surface area contributed by atoms with Gasteiger partial charge in [-0.2, -0.15) is 16.9 Å². The number of thioether (sulfide) groups is 1. The average Bonchev–Trinajstić information content (AvgIpc) is 2.67. The van der Waals surface area contributed by atoms with E-state index in [1.54, 1.807) is 6.20 Å². The Bertz CT molecular complexity index is 352. The molecule has 1 aromatic rings. The quantitative estimate of drug-likeness (QED) is 0.862. The zero-order chi connectivity index (χ0) is 13.0. The van der Waals surface area contributed by atoms with E-state index in [0.29, 0.717) is 10.3 Å². The highest BCUT2D eigenvalue weighted by atomic mass is 35.5. The molecule has 0 bridgehead atoms.